The summed E-state index contributed by atoms with van der Waals surface area (Å²) in [6, 6.07) is 5.33. The minimum atomic E-state index is -0.204. The molecule has 0 aromatic heterocycles. The molecular weight excluding hydrogens is 262 g/mol. The molecule has 3 nitrogen and oxygen atoms in total. The van der Waals surface area contributed by atoms with Crippen LogP contribution in [0.3, 0.4) is 0 Å². The highest BCUT2D eigenvalue weighted by atomic mass is 35.5. The van der Waals surface area contributed by atoms with E-state index in [0.717, 1.165) is 31.2 Å². The quantitative estimate of drug-likeness (QED) is 0.895. The van der Waals surface area contributed by atoms with E-state index in [1.807, 2.05) is 13.0 Å². The van der Waals surface area contributed by atoms with Crippen molar-refractivity contribution in [1.82, 2.24) is 5.32 Å². The van der Waals surface area contributed by atoms with Crippen molar-refractivity contribution >= 4 is 17.5 Å². The zero-order chi connectivity index (χ0) is 13.8. The van der Waals surface area contributed by atoms with Gasteiger partial charge in [-0.05, 0) is 49.8 Å². The number of halogens is 1. The largest absolute Gasteiger partial charge is 0.393 e. The molecule has 1 amide bonds. The first-order valence-corrected chi connectivity index (χ1v) is 7.16. The molecule has 1 aliphatic rings. The van der Waals surface area contributed by atoms with Crippen molar-refractivity contribution in [2.45, 2.75) is 38.7 Å². The molecule has 2 N–H and O–H groups in total. The van der Waals surface area contributed by atoms with Crippen molar-refractivity contribution in [1.29, 1.82) is 0 Å². The number of aliphatic hydroxyl groups is 1. The number of hydrogen-bond acceptors (Lipinski definition) is 2. The Morgan fingerprint density at radius 1 is 1.47 bits per heavy atom. The molecule has 0 spiro atoms. The van der Waals surface area contributed by atoms with Crippen LogP contribution in [0.15, 0.2) is 18.2 Å². The molecular formula is C15H20ClNO2. The smallest absolute Gasteiger partial charge is 0.251 e. The van der Waals surface area contributed by atoms with Crippen molar-refractivity contribution < 1.29 is 9.90 Å². The van der Waals surface area contributed by atoms with E-state index in [2.05, 4.69) is 5.32 Å². The Hall–Kier alpha value is -1.06. The molecule has 2 rings (SSSR count). The molecule has 4 heteroatoms. The second-order valence-corrected chi connectivity index (χ2v) is 5.77. The van der Waals surface area contributed by atoms with Gasteiger partial charge in [0, 0.05) is 17.1 Å². The Morgan fingerprint density at radius 2 is 2.26 bits per heavy atom. The minimum absolute atomic E-state index is 0.0954. The van der Waals surface area contributed by atoms with E-state index in [4.69, 9.17) is 11.6 Å². The van der Waals surface area contributed by atoms with Gasteiger partial charge in [0.15, 0.2) is 0 Å². The topological polar surface area (TPSA) is 49.3 Å². The van der Waals surface area contributed by atoms with Gasteiger partial charge in [0.1, 0.15) is 0 Å². The van der Waals surface area contributed by atoms with E-state index in [1.54, 1.807) is 12.1 Å². The monoisotopic (exact) mass is 281 g/mol. The third kappa shape index (κ3) is 3.95. The Balaban J connectivity index is 1.88. The second kappa shape index (κ2) is 6.40. The molecule has 1 aliphatic carbocycles. The fraction of sp³-hybridized carbons (Fsp3) is 0.533. The molecule has 19 heavy (non-hydrogen) atoms. The Labute approximate surface area is 119 Å². The third-order valence-corrected chi connectivity index (χ3v) is 4.15. The van der Waals surface area contributed by atoms with Crippen molar-refractivity contribution in [3.63, 3.8) is 0 Å². The van der Waals surface area contributed by atoms with Gasteiger partial charge >= 0.3 is 0 Å². The number of aryl methyl sites for hydroxylation is 1. The highest BCUT2D eigenvalue weighted by Gasteiger charge is 2.20. The van der Waals surface area contributed by atoms with E-state index in [-0.39, 0.29) is 12.0 Å². The summed E-state index contributed by atoms with van der Waals surface area (Å²) in [6.07, 6.45) is 3.58. The number of hydrogen-bond donors (Lipinski definition) is 2. The fourth-order valence-corrected chi connectivity index (χ4v) is 2.70. The van der Waals surface area contributed by atoms with Gasteiger partial charge < -0.3 is 10.4 Å². The summed E-state index contributed by atoms with van der Waals surface area (Å²) in [5, 5.41) is 13.1. The summed E-state index contributed by atoms with van der Waals surface area (Å²) in [5.41, 5.74) is 1.56. The van der Waals surface area contributed by atoms with Gasteiger partial charge in [-0.3, -0.25) is 4.79 Å². The minimum Gasteiger partial charge on any atom is -0.393 e. The lowest BCUT2D eigenvalue weighted by molar-refractivity contribution is 0.0874. The predicted molar refractivity (Wildman–Crippen MR) is 76.5 cm³/mol. The molecule has 1 saturated carbocycles. The van der Waals surface area contributed by atoms with Crippen LogP contribution in [-0.2, 0) is 0 Å². The summed E-state index contributed by atoms with van der Waals surface area (Å²) < 4.78 is 0. The third-order valence-electron chi connectivity index (χ3n) is 3.74. The van der Waals surface area contributed by atoms with Crippen molar-refractivity contribution in [3.05, 3.63) is 34.3 Å². The first-order chi connectivity index (χ1) is 9.06. The molecule has 2 atom stereocenters. The van der Waals surface area contributed by atoms with Crippen molar-refractivity contribution in [2.75, 3.05) is 6.54 Å². The van der Waals surface area contributed by atoms with Gasteiger partial charge in [0.2, 0.25) is 0 Å². The summed E-state index contributed by atoms with van der Waals surface area (Å²) in [4.78, 5) is 12.0. The van der Waals surface area contributed by atoms with Crippen LogP contribution in [0.4, 0.5) is 0 Å². The molecule has 104 valence electrons. The fourth-order valence-electron chi connectivity index (χ4n) is 2.52. The molecule has 0 heterocycles. The summed E-state index contributed by atoms with van der Waals surface area (Å²) >= 11 is 6.01. The van der Waals surface area contributed by atoms with Crippen LogP contribution < -0.4 is 5.32 Å². The molecule has 0 saturated heterocycles. The summed E-state index contributed by atoms with van der Waals surface area (Å²) in [5.74, 6) is 0.288. The standard InChI is InChI=1S/C15H20ClNO2/c1-10-5-6-12(8-14(10)16)15(19)17-9-11-3-2-4-13(18)7-11/h5-6,8,11,13,18H,2-4,7,9H2,1H3,(H,17,19). The Kier molecular flexibility index (Phi) is 4.83. The summed E-state index contributed by atoms with van der Waals surface area (Å²) in [7, 11) is 0. The lowest BCUT2D eigenvalue weighted by Crippen LogP contribution is -2.32. The maximum Gasteiger partial charge on any atom is 0.251 e. The van der Waals surface area contributed by atoms with Crippen LogP contribution in [-0.4, -0.2) is 23.7 Å². The highest BCUT2D eigenvalue weighted by molar-refractivity contribution is 6.31. The lowest BCUT2D eigenvalue weighted by Gasteiger charge is -2.25. The van der Waals surface area contributed by atoms with E-state index in [9.17, 15) is 9.90 Å². The molecule has 2 unspecified atom stereocenters. The highest BCUT2D eigenvalue weighted by Crippen LogP contribution is 2.23. The van der Waals surface area contributed by atoms with Gasteiger partial charge in [-0.25, -0.2) is 0 Å². The molecule has 0 aliphatic heterocycles. The van der Waals surface area contributed by atoms with Crippen molar-refractivity contribution in [2.24, 2.45) is 5.92 Å². The maximum atomic E-state index is 12.0. The normalized spacial score (nSPS) is 23.1. The Bertz CT molecular complexity index is 461. The average molecular weight is 282 g/mol. The average Bonchev–Trinajstić information content (AvgIpc) is 2.39. The van der Waals surface area contributed by atoms with Gasteiger partial charge in [0.05, 0.1) is 6.10 Å². The van der Waals surface area contributed by atoms with Gasteiger partial charge in [-0.15, -0.1) is 0 Å². The predicted octanol–water partition coefficient (Wildman–Crippen LogP) is 2.93. The molecule has 0 bridgehead atoms. The van der Waals surface area contributed by atoms with Crippen LogP contribution in [0, 0.1) is 12.8 Å². The van der Waals surface area contributed by atoms with Crippen LogP contribution in [0.5, 0.6) is 0 Å². The first-order valence-electron chi connectivity index (χ1n) is 6.78. The number of amides is 1. The van der Waals surface area contributed by atoms with Gasteiger partial charge in [0.25, 0.3) is 5.91 Å². The second-order valence-electron chi connectivity index (χ2n) is 5.36. The number of carbonyl (C=O) groups excluding carboxylic acids is 1. The lowest BCUT2D eigenvalue weighted by atomic mass is 9.87. The summed E-state index contributed by atoms with van der Waals surface area (Å²) in [6.45, 7) is 2.54. The first kappa shape index (κ1) is 14.4. The van der Waals surface area contributed by atoms with E-state index in [1.165, 1.54) is 0 Å². The zero-order valence-corrected chi connectivity index (χ0v) is 11.9. The van der Waals surface area contributed by atoms with Crippen LogP contribution in [0.1, 0.15) is 41.6 Å². The van der Waals surface area contributed by atoms with E-state index < -0.39 is 0 Å². The Morgan fingerprint density at radius 3 is 2.95 bits per heavy atom. The number of carbonyl (C=O) groups is 1. The maximum absolute atomic E-state index is 12.0. The van der Waals surface area contributed by atoms with E-state index in [0.29, 0.717) is 23.0 Å². The van der Waals surface area contributed by atoms with E-state index >= 15 is 0 Å². The van der Waals surface area contributed by atoms with Crippen LogP contribution >= 0.6 is 11.6 Å². The number of aliphatic hydroxyl groups excluding tert-OH is 1. The SMILES string of the molecule is Cc1ccc(C(=O)NCC2CCCC(O)C2)cc1Cl. The molecule has 1 fully saturated rings. The number of benzene rings is 1. The molecule has 0 radical (unpaired) electrons. The van der Waals surface area contributed by atoms with Gasteiger partial charge in [-0.2, -0.15) is 0 Å². The number of nitrogens with one attached hydrogen (secondary N) is 1. The molecule has 1 aromatic rings. The molecule has 1 aromatic carbocycles. The van der Waals surface area contributed by atoms with Gasteiger partial charge in [-0.1, -0.05) is 24.1 Å². The van der Waals surface area contributed by atoms with Crippen molar-refractivity contribution in [3.8, 4) is 0 Å². The van der Waals surface area contributed by atoms with Crippen LogP contribution in [0.2, 0.25) is 5.02 Å². The zero-order valence-electron chi connectivity index (χ0n) is 11.2. The number of rotatable bonds is 3. The van der Waals surface area contributed by atoms with Crippen LogP contribution in [0.25, 0.3) is 0 Å².